The molecule has 0 N–H and O–H groups in total. The van der Waals surface area contributed by atoms with Crippen molar-refractivity contribution in [2.45, 2.75) is 11.8 Å². The average molecular weight is 244 g/mol. The fourth-order valence-corrected chi connectivity index (χ4v) is 2.38. The van der Waals surface area contributed by atoms with Crippen molar-refractivity contribution >= 4 is 11.8 Å². The summed E-state index contributed by atoms with van der Waals surface area (Å²) in [7, 11) is 0. The normalized spacial score (nSPS) is 10.2. The Morgan fingerprint density at radius 3 is 2.41 bits per heavy atom. The molecule has 0 heterocycles. The highest BCUT2D eigenvalue weighted by Crippen LogP contribution is 2.37. The smallest absolute Gasteiger partial charge is 0.140 e. The molecule has 0 aliphatic carbocycles. The molecule has 88 valence electrons. The largest absolute Gasteiger partial charge is 0.492 e. The SMILES string of the molecule is CCOc1c(SC)cccc1-c1ccccc1. The third-order valence-electron chi connectivity index (χ3n) is 2.57. The van der Waals surface area contributed by atoms with E-state index in [9.17, 15) is 0 Å². The van der Waals surface area contributed by atoms with E-state index in [2.05, 4.69) is 48.7 Å². The van der Waals surface area contributed by atoms with Gasteiger partial charge in [0.2, 0.25) is 0 Å². The average Bonchev–Trinajstić information content (AvgIpc) is 2.40. The Bertz CT molecular complexity index is 480. The third-order valence-corrected chi connectivity index (χ3v) is 3.33. The molecule has 2 aromatic rings. The van der Waals surface area contributed by atoms with Crippen LogP contribution in [-0.2, 0) is 0 Å². The minimum atomic E-state index is 0.692. The van der Waals surface area contributed by atoms with E-state index in [0.29, 0.717) is 6.61 Å². The Balaban J connectivity index is 2.53. The molecule has 0 saturated heterocycles. The molecular weight excluding hydrogens is 228 g/mol. The van der Waals surface area contributed by atoms with Gasteiger partial charge in [0.05, 0.1) is 6.61 Å². The van der Waals surface area contributed by atoms with Crippen LogP contribution in [0.1, 0.15) is 6.92 Å². The fourth-order valence-electron chi connectivity index (χ4n) is 1.81. The zero-order valence-corrected chi connectivity index (χ0v) is 11.0. The summed E-state index contributed by atoms with van der Waals surface area (Å²) in [5.74, 6) is 0.994. The lowest BCUT2D eigenvalue weighted by molar-refractivity contribution is 0.334. The van der Waals surface area contributed by atoms with Crippen LogP contribution in [0.15, 0.2) is 53.4 Å². The van der Waals surface area contributed by atoms with Crippen LogP contribution in [0.4, 0.5) is 0 Å². The lowest BCUT2D eigenvalue weighted by Crippen LogP contribution is -1.95. The van der Waals surface area contributed by atoms with Crippen molar-refractivity contribution in [1.29, 1.82) is 0 Å². The van der Waals surface area contributed by atoms with Gasteiger partial charge in [0, 0.05) is 10.5 Å². The molecule has 2 heteroatoms. The number of benzene rings is 2. The lowest BCUT2D eigenvalue weighted by atomic mass is 10.0. The van der Waals surface area contributed by atoms with E-state index in [1.54, 1.807) is 11.8 Å². The molecule has 1 nitrogen and oxygen atoms in total. The van der Waals surface area contributed by atoms with E-state index in [1.807, 2.05) is 13.0 Å². The van der Waals surface area contributed by atoms with Gasteiger partial charge in [0.15, 0.2) is 0 Å². The second-order valence-electron chi connectivity index (χ2n) is 3.64. The number of hydrogen-bond donors (Lipinski definition) is 0. The van der Waals surface area contributed by atoms with Gasteiger partial charge in [-0.15, -0.1) is 11.8 Å². The highest BCUT2D eigenvalue weighted by Gasteiger charge is 2.10. The molecule has 0 aliphatic heterocycles. The van der Waals surface area contributed by atoms with Crippen molar-refractivity contribution in [2.24, 2.45) is 0 Å². The van der Waals surface area contributed by atoms with Crippen molar-refractivity contribution < 1.29 is 4.74 Å². The monoisotopic (exact) mass is 244 g/mol. The zero-order valence-electron chi connectivity index (χ0n) is 10.1. The highest BCUT2D eigenvalue weighted by molar-refractivity contribution is 7.98. The van der Waals surface area contributed by atoms with E-state index in [1.165, 1.54) is 16.0 Å². The van der Waals surface area contributed by atoms with Crippen LogP contribution in [0, 0.1) is 0 Å². The van der Waals surface area contributed by atoms with Gasteiger partial charge in [-0.2, -0.15) is 0 Å². The van der Waals surface area contributed by atoms with Gasteiger partial charge in [-0.1, -0.05) is 42.5 Å². The number of ether oxygens (including phenoxy) is 1. The molecule has 17 heavy (non-hydrogen) atoms. The Hall–Kier alpha value is -1.41. The van der Waals surface area contributed by atoms with Gasteiger partial charge in [0.1, 0.15) is 5.75 Å². The van der Waals surface area contributed by atoms with E-state index in [0.717, 1.165) is 5.75 Å². The molecule has 0 fully saturated rings. The number of hydrogen-bond acceptors (Lipinski definition) is 2. The molecule has 0 radical (unpaired) electrons. The molecular formula is C15H16OS. The first-order valence-corrected chi connectivity index (χ1v) is 6.94. The fraction of sp³-hybridized carbons (Fsp3) is 0.200. The van der Waals surface area contributed by atoms with E-state index in [4.69, 9.17) is 4.74 Å². The molecule has 0 atom stereocenters. The lowest BCUT2D eigenvalue weighted by Gasteiger charge is -2.13. The van der Waals surface area contributed by atoms with Gasteiger partial charge < -0.3 is 4.74 Å². The Morgan fingerprint density at radius 1 is 1.00 bits per heavy atom. The van der Waals surface area contributed by atoms with E-state index >= 15 is 0 Å². The summed E-state index contributed by atoms with van der Waals surface area (Å²) in [5, 5.41) is 0. The molecule has 2 rings (SSSR count). The second-order valence-corrected chi connectivity index (χ2v) is 4.48. The summed E-state index contributed by atoms with van der Waals surface area (Å²) >= 11 is 1.72. The molecule has 0 bridgehead atoms. The van der Waals surface area contributed by atoms with Crippen molar-refractivity contribution in [1.82, 2.24) is 0 Å². The van der Waals surface area contributed by atoms with Crippen molar-refractivity contribution in [3.05, 3.63) is 48.5 Å². The first-order valence-electron chi connectivity index (χ1n) is 5.72. The number of para-hydroxylation sites is 1. The van der Waals surface area contributed by atoms with Gasteiger partial charge in [-0.25, -0.2) is 0 Å². The third kappa shape index (κ3) is 2.64. The summed E-state index contributed by atoms with van der Waals surface area (Å²) < 4.78 is 5.79. The first-order chi connectivity index (χ1) is 8.36. The minimum absolute atomic E-state index is 0.692. The maximum absolute atomic E-state index is 5.79. The quantitative estimate of drug-likeness (QED) is 0.734. The highest BCUT2D eigenvalue weighted by atomic mass is 32.2. The van der Waals surface area contributed by atoms with Crippen molar-refractivity contribution in [3.8, 4) is 16.9 Å². The summed E-state index contributed by atoms with van der Waals surface area (Å²) in [6.45, 7) is 2.71. The molecule has 0 amide bonds. The zero-order chi connectivity index (χ0) is 12.1. The van der Waals surface area contributed by atoms with Crippen LogP contribution in [-0.4, -0.2) is 12.9 Å². The first kappa shape index (κ1) is 12.1. The Kier molecular flexibility index (Phi) is 4.10. The molecule has 2 aromatic carbocycles. The topological polar surface area (TPSA) is 9.23 Å². The van der Waals surface area contributed by atoms with Gasteiger partial charge in [-0.05, 0) is 24.8 Å². The Labute approximate surface area is 107 Å². The van der Waals surface area contributed by atoms with Crippen LogP contribution < -0.4 is 4.74 Å². The predicted octanol–water partition coefficient (Wildman–Crippen LogP) is 4.47. The van der Waals surface area contributed by atoms with Crippen LogP contribution >= 0.6 is 11.8 Å². The summed E-state index contributed by atoms with van der Waals surface area (Å²) in [5.41, 5.74) is 2.37. The number of rotatable bonds is 4. The molecule has 0 unspecified atom stereocenters. The van der Waals surface area contributed by atoms with Crippen molar-refractivity contribution in [3.63, 3.8) is 0 Å². The molecule has 0 aliphatic rings. The van der Waals surface area contributed by atoms with Gasteiger partial charge in [0.25, 0.3) is 0 Å². The maximum Gasteiger partial charge on any atom is 0.140 e. The molecule has 0 spiro atoms. The van der Waals surface area contributed by atoms with Crippen molar-refractivity contribution in [2.75, 3.05) is 12.9 Å². The van der Waals surface area contributed by atoms with Gasteiger partial charge in [-0.3, -0.25) is 0 Å². The minimum Gasteiger partial charge on any atom is -0.492 e. The summed E-state index contributed by atoms with van der Waals surface area (Å²) in [6.07, 6.45) is 2.08. The Morgan fingerprint density at radius 2 is 1.76 bits per heavy atom. The van der Waals surface area contributed by atoms with Gasteiger partial charge >= 0.3 is 0 Å². The summed E-state index contributed by atoms with van der Waals surface area (Å²) in [6, 6.07) is 16.7. The van der Waals surface area contributed by atoms with Crippen LogP contribution in [0.2, 0.25) is 0 Å². The second kappa shape index (κ2) is 5.78. The summed E-state index contributed by atoms with van der Waals surface area (Å²) in [4.78, 5) is 1.19. The standard InChI is InChI=1S/C15H16OS/c1-3-16-15-13(10-7-11-14(15)17-2)12-8-5-4-6-9-12/h4-11H,3H2,1-2H3. The van der Waals surface area contributed by atoms with Crippen LogP contribution in [0.5, 0.6) is 5.75 Å². The molecule has 0 saturated carbocycles. The molecule has 0 aromatic heterocycles. The number of thioether (sulfide) groups is 1. The maximum atomic E-state index is 5.79. The van der Waals surface area contributed by atoms with Crippen LogP contribution in [0.3, 0.4) is 0 Å². The van der Waals surface area contributed by atoms with Crippen LogP contribution in [0.25, 0.3) is 11.1 Å². The van der Waals surface area contributed by atoms with E-state index < -0.39 is 0 Å². The van der Waals surface area contributed by atoms with E-state index in [-0.39, 0.29) is 0 Å². The predicted molar refractivity (Wildman–Crippen MR) is 74.8 cm³/mol.